The summed E-state index contributed by atoms with van der Waals surface area (Å²) in [7, 11) is 0. The molecule has 1 aliphatic rings. The van der Waals surface area contributed by atoms with Gasteiger partial charge in [-0.05, 0) is 37.1 Å². The fourth-order valence-electron chi connectivity index (χ4n) is 3.02. The number of anilines is 1. The first-order valence-corrected chi connectivity index (χ1v) is 8.28. The predicted molar refractivity (Wildman–Crippen MR) is 94.9 cm³/mol. The standard InChI is InChI=1S/C19H23ClN2/c1-15-3-6-17(7-4-15)14-21-9-11-22(12-10-21)19-13-18(20)8-5-16(19)2/h3-8,13H,9-12,14H2,1-2H3. The number of rotatable bonds is 3. The third kappa shape index (κ3) is 3.63. The van der Waals surface area contributed by atoms with E-state index in [1.807, 2.05) is 6.07 Å². The second kappa shape index (κ2) is 6.72. The molecule has 0 N–H and O–H groups in total. The number of hydrogen-bond acceptors (Lipinski definition) is 2. The van der Waals surface area contributed by atoms with E-state index in [9.17, 15) is 0 Å². The molecule has 1 fully saturated rings. The van der Waals surface area contributed by atoms with Crippen molar-refractivity contribution in [2.75, 3.05) is 31.1 Å². The lowest BCUT2D eigenvalue weighted by Gasteiger charge is -2.37. The zero-order valence-electron chi connectivity index (χ0n) is 13.3. The van der Waals surface area contributed by atoms with Crippen LogP contribution in [-0.2, 0) is 6.54 Å². The highest BCUT2D eigenvalue weighted by Crippen LogP contribution is 2.25. The van der Waals surface area contributed by atoms with Crippen LogP contribution in [0.1, 0.15) is 16.7 Å². The van der Waals surface area contributed by atoms with Gasteiger partial charge in [-0.1, -0.05) is 47.5 Å². The highest BCUT2D eigenvalue weighted by atomic mass is 35.5. The lowest BCUT2D eigenvalue weighted by molar-refractivity contribution is 0.250. The van der Waals surface area contributed by atoms with Crippen molar-refractivity contribution in [2.45, 2.75) is 20.4 Å². The number of piperazine rings is 1. The van der Waals surface area contributed by atoms with E-state index in [1.165, 1.54) is 22.4 Å². The van der Waals surface area contributed by atoms with Gasteiger partial charge in [0.2, 0.25) is 0 Å². The normalized spacial score (nSPS) is 16.0. The minimum Gasteiger partial charge on any atom is -0.369 e. The van der Waals surface area contributed by atoms with Crippen LogP contribution in [0.4, 0.5) is 5.69 Å². The second-order valence-corrected chi connectivity index (χ2v) is 6.62. The molecule has 0 atom stereocenters. The second-order valence-electron chi connectivity index (χ2n) is 6.18. The highest BCUT2D eigenvalue weighted by Gasteiger charge is 2.18. The van der Waals surface area contributed by atoms with Gasteiger partial charge in [0, 0.05) is 43.4 Å². The molecule has 0 radical (unpaired) electrons. The van der Waals surface area contributed by atoms with Crippen LogP contribution in [0.3, 0.4) is 0 Å². The van der Waals surface area contributed by atoms with Crippen LogP contribution in [0, 0.1) is 13.8 Å². The Morgan fingerprint density at radius 1 is 0.909 bits per heavy atom. The average molecular weight is 315 g/mol. The first-order chi connectivity index (χ1) is 10.6. The number of benzene rings is 2. The molecular weight excluding hydrogens is 292 g/mol. The van der Waals surface area contributed by atoms with E-state index < -0.39 is 0 Å². The molecule has 1 aliphatic heterocycles. The summed E-state index contributed by atoms with van der Waals surface area (Å²) in [5.41, 5.74) is 5.31. The molecule has 0 spiro atoms. The Morgan fingerprint density at radius 3 is 2.27 bits per heavy atom. The summed E-state index contributed by atoms with van der Waals surface area (Å²) in [6.07, 6.45) is 0. The molecule has 0 saturated carbocycles. The number of nitrogens with zero attached hydrogens (tertiary/aromatic N) is 2. The van der Waals surface area contributed by atoms with Crippen molar-refractivity contribution in [1.82, 2.24) is 4.90 Å². The number of hydrogen-bond donors (Lipinski definition) is 0. The Morgan fingerprint density at radius 2 is 1.59 bits per heavy atom. The van der Waals surface area contributed by atoms with Gasteiger partial charge in [0.1, 0.15) is 0 Å². The molecule has 0 aliphatic carbocycles. The predicted octanol–water partition coefficient (Wildman–Crippen LogP) is 4.28. The van der Waals surface area contributed by atoms with Crippen molar-refractivity contribution < 1.29 is 0 Å². The summed E-state index contributed by atoms with van der Waals surface area (Å²) < 4.78 is 0. The van der Waals surface area contributed by atoms with E-state index in [0.29, 0.717) is 0 Å². The molecule has 0 amide bonds. The molecule has 2 aromatic carbocycles. The Bertz CT molecular complexity index is 628. The molecule has 1 heterocycles. The lowest BCUT2D eigenvalue weighted by Crippen LogP contribution is -2.46. The molecule has 116 valence electrons. The molecule has 22 heavy (non-hydrogen) atoms. The first kappa shape index (κ1) is 15.4. The highest BCUT2D eigenvalue weighted by molar-refractivity contribution is 6.30. The molecule has 0 bridgehead atoms. The van der Waals surface area contributed by atoms with E-state index in [-0.39, 0.29) is 0 Å². The summed E-state index contributed by atoms with van der Waals surface area (Å²) in [6.45, 7) is 9.66. The van der Waals surface area contributed by atoms with Crippen LogP contribution in [0.5, 0.6) is 0 Å². The van der Waals surface area contributed by atoms with Gasteiger partial charge in [-0.2, -0.15) is 0 Å². The third-order valence-corrected chi connectivity index (χ3v) is 4.65. The van der Waals surface area contributed by atoms with Gasteiger partial charge in [0.15, 0.2) is 0 Å². The smallest absolute Gasteiger partial charge is 0.0426 e. The fraction of sp³-hybridized carbons (Fsp3) is 0.368. The van der Waals surface area contributed by atoms with Gasteiger partial charge in [0.05, 0.1) is 0 Å². The Balaban J connectivity index is 1.60. The van der Waals surface area contributed by atoms with Gasteiger partial charge in [0.25, 0.3) is 0 Å². The SMILES string of the molecule is Cc1ccc(CN2CCN(c3cc(Cl)ccc3C)CC2)cc1. The quantitative estimate of drug-likeness (QED) is 0.834. The summed E-state index contributed by atoms with van der Waals surface area (Å²) >= 11 is 6.15. The van der Waals surface area contributed by atoms with E-state index >= 15 is 0 Å². The molecule has 0 unspecified atom stereocenters. The van der Waals surface area contributed by atoms with Crippen LogP contribution in [0.2, 0.25) is 5.02 Å². The van der Waals surface area contributed by atoms with Gasteiger partial charge >= 0.3 is 0 Å². The molecular formula is C19H23ClN2. The Hall–Kier alpha value is -1.51. The van der Waals surface area contributed by atoms with E-state index in [1.54, 1.807) is 0 Å². The van der Waals surface area contributed by atoms with Crippen molar-refractivity contribution in [3.05, 3.63) is 64.2 Å². The maximum atomic E-state index is 6.15. The summed E-state index contributed by atoms with van der Waals surface area (Å²) in [5, 5.41) is 0.822. The molecule has 1 saturated heterocycles. The lowest BCUT2D eigenvalue weighted by atomic mass is 10.1. The largest absolute Gasteiger partial charge is 0.369 e. The van der Waals surface area contributed by atoms with Gasteiger partial charge in [-0.3, -0.25) is 4.90 Å². The maximum absolute atomic E-state index is 6.15. The summed E-state index contributed by atoms with van der Waals surface area (Å²) in [6, 6.07) is 15.0. The number of halogens is 1. The molecule has 3 heteroatoms. The monoisotopic (exact) mass is 314 g/mol. The van der Waals surface area contributed by atoms with Crippen LogP contribution in [0.25, 0.3) is 0 Å². The first-order valence-electron chi connectivity index (χ1n) is 7.91. The van der Waals surface area contributed by atoms with Crippen LogP contribution >= 0.6 is 11.6 Å². The van der Waals surface area contributed by atoms with Crippen molar-refractivity contribution in [3.8, 4) is 0 Å². The zero-order valence-corrected chi connectivity index (χ0v) is 14.1. The molecule has 2 nitrogen and oxygen atoms in total. The van der Waals surface area contributed by atoms with Gasteiger partial charge in [-0.15, -0.1) is 0 Å². The average Bonchev–Trinajstić information content (AvgIpc) is 2.53. The van der Waals surface area contributed by atoms with Crippen LogP contribution in [0.15, 0.2) is 42.5 Å². The zero-order chi connectivity index (χ0) is 15.5. The summed E-state index contributed by atoms with van der Waals surface area (Å²) in [5.74, 6) is 0. The Labute approximate surface area is 138 Å². The minimum atomic E-state index is 0.822. The third-order valence-electron chi connectivity index (χ3n) is 4.41. The van der Waals surface area contributed by atoms with Crippen LogP contribution in [-0.4, -0.2) is 31.1 Å². The van der Waals surface area contributed by atoms with E-state index in [0.717, 1.165) is 37.7 Å². The number of aryl methyl sites for hydroxylation is 2. The molecule has 2 aromatic rings. The Kier molecular flexibility index (Phi) is 4.70. The molecule has 0 aromatic heterocycles. The fourth-order valence-corrected chi connectivity index (χ4v) is 3.19. The summed E-state index contributed by atoms with van der Waals surface area (Å²) in [4.78, 5) is 4.98. The molecule has 3 rings (SSSR count). The van der Waals surface area contributed by atoms with Gasteiger partial charge < -0.3 is 4.90 Å². The van der Waals surface area contributed by atoms with Crippen LogP contribution < -0.4 is 4.90 Å². The maximum Gasteiger partial charge on any atom is 0.0426 e. The van der Waals surface area contributed by atoms with Crippen molar-refractivity contribution >= 4 is 17.3 Å². The van der Waals surface area contributed by atoms with Crippen molar-refractivity contribution in [3.63, 3.8) is 0 Å². The van der Waals surface area contributed by atoms with Crippen molar-refractivity contribution in [2.24, 2.45) is 0 Å². The van der Waals surface area contributed by atoms with E-state index in [4.69, 9.17) is 11.6 Å². The topological polar surface area (TPSA) is 6.48 Å². The minimum absolute atomic E-state index is 0.822. The van der Waals surface area contributed by atoms with Gasteiger partial charge in [-0.25, -0.2) is 0 Å². The van der Waals surface area contributed by atoms with Crippen molar-refractivity contribution in [1.29, 1.82) is 0 Å². The van der Waals surface area contributed by atoms with E-state index in [2.05, 4.69) is 60.0 Å².